The van der Waals surface area contributed by atoms with E-state index in [1.165, 1.54) is 0 Å². The molecule has 2 rings (SSSR count). The van der Waals surface area contributed by atoms with Crippen LogP contribution in [0.1, 0.15) is 23.2 Å². The van der Waals surface area contributed by atoms with Crippen molar-refractivity contribution in [2.24, 2.45) is 0 Å². The van der Waals surface area contributed by atoms with Gasteiger partial charge in [0.15, 0.2) is 5.78 Å². The van der Waals surface area contributed by atoms with Gasteiger partial charge in [-0.25, -0.2) is 0 Å². The van der Waals surface area contributed by atoms with Crippen molar-refractivity contribution in [3.8, 4) is 0 Å². The summed E-state index contributed by atoms with van der Waals surface area (Å²) in [6, 6.07) is 7.93. The first-order chi connectivity index (χ1) is 9.58. The lowest BCUT2D eigenvalue weighted by molar-refractivity contribution is -0.121. The van der Waals surface area contributed by atoms with E-state index in [1.807, 2.05) is 30.5 Å². The maximum atomic E-state index is 12.1. The molecule has 1 fully saturated rings. The number of carbonyl (C=O) groups is 2. The van der Waals surface area contributed by atoms with Crippen LogP contribution in [-0.2, 0) is 4.79 Å². The Labute approximate surface area is 123 Å². The molecule has 0 saturated heterocycles. The number of nitrogens with one attached hydrogen (secondary N) is 1. The molecule has 0 heterocycles. The van der Waals surface area contributed by atoms with Gasteiger partial charge in [0, 0.05) is 16.5 Å². The molecule has 1 aromatic carbocycles. The molecule has 1 saturated carbocycles. The van der Waals surface area contributed by atoms with Gasteiger partial charge in [0.1, 0.15) is 0 Å². The number of thioether (sulfide) groups is 1. The van der Waals surface area contributed by atoms with Gasteiger partial charge in [0.05, 0.1) is 13.1 Å². The lowest BCUT2D eigenvalue weighted by Gasteiger charge is -2.15. The SMILES string of the molecule is CSc1ccc(C(=O)CN(C)CC(=O)NC2CC2)cc1. The first-order valence-corrected chi connectivity index (χ1v) is 7.96. The predicted molar refractivity (Wildman–Crippen MR) is 81.2 cm³/mol. The minimum Gasteiger partial charge on any atom is -0.352 e. The van der Waals surface area contributed by atoms with E-state index >= 15 is 0 Å². The van der Waals surface area contributed by atoms with Crippen LogP contribution in [0, 0.1) is 0 Å². The normalized spacial score (nSPS) is 14.3. The molecule has 0 aliphatic heterocycles. The zero-order chi connectivity index (χ0) is 14.5. The van der Waals surface area contributed by atoms with E-state index in [2.05, 4.69) is 5.32 Å². The molecule has 1 aliphatic carbocycles. The van der Waals surface area contributed by atoms with Gasteiger partial charge in [0.25, 0.3) is 0 Å². The molecular formula is C15H20N2O2S. The molecule has 1 amide bonds. The summed E-state index contributed by atoms with van der Waals surface area (Å²) < 4.78 is 0. The number of Topliss-reactive ketones (excluding diaryl/α,β-unsaturated/α-hetero) is 1. The second-order valence-electron chi connectivity index (χ2n) is 5.17. The number of amides is 1. The minimum atomic E-state index is 0.000492. The third kappa shape index (κ3) is 4.65. The van der Waals surface area contributed by atoms with Crippen molar-refractivity contribution in [2.75, 3.05) is 26.4 Å². The summed E-state index contributed by atoms with van der Waals surface area (Å²) in [4.78, 5) is 26.6. The first-order valence-electron chi connectivity index (χ1n) is 6.73. The van der Waals surface area contributed by atoms with Gasteiger partial charge in [-0.1, -0.05) is 12.1 Å². The van der Waals surface area contributed by atoms with E-state index in [9.17, 15) is 9.59 Å². The van der Waals surface area contributed by atoms with Gasteiger partial charge < -0.3 is 5.32 Å². The summed E-state index contributed by atoms with van der Waals surface area (Å²) in [5, 5.41) is 2.92. The molecular weight excluding hydrogens is 272 g/mol. The highest BCUT2D eigenvalue weighted by molar-refractivity contribution is 7.98. The van der Waals surface area contributed by atoms with Crippen LogP contribution >= 0.6 is 11.8 Å². The van der Waals surface area contributed by atoms with Gasteiger partial charge in [-0.15, -0.1) is 11.8 Å². The second-order valence-corrected chi connectivity index (χ2v) is 6.05. The smallest absolute Gasteiger partial charge is 0.234 e. The van der Waals surface area contributed by atoms with Crippen LogP contribution < -0.4 is 5.32 Å². The van der Waals surface area contributed by atoms with Crippen molar-refractivity contribution in [1.29, 1.82) is 0 Å². The average molecular weight is 292 g/mol. The molecule has 1 aliphatic rings. The Morgan fingerprint density at radius 1 is 1.25 bits per heavy atom. The maximum Gasteiger partial charge on any atom is 0.234 e. The third-order valence-corrected chi connectivity index (χ3v) is 3.93. The Balaban J connectivity index is 1.81. The maximum absolute atomic E-state index is 12.1. The van der Waals surface area contributed by atoms with E-state index in [0.29, 0.717) is 11.6 Å². The fourth-order valence-corrected chi connectivity index (χ4v) is 2.32. The van der Waals surface area contributed by atoms with Crippen molar-refractivity contribution >= 4 is 23.5 Å². The van der Waals surface area contributed by atoms with E-state index < -0.39 is 0 Å². The van der Waals surface area contributed by atoms with Crippen LogP contribution in [0.3, 0.4) is 0 Å². The van der Waals surface area contributed by atoms with Gasteiger partial charge in [0.2, 0.25) is 5.91 Å². The second kappa shape index (κ2) is 6.90. The quantitative estimate of drug-likeness (QED) is 0.615. The highest BCUT2D eigenvalue weighted by Crippen LogP contribution is 2.18. The summed E-state index contributed by atoms with van der Waals surface area (Å²) in [5.74, 6) is 0.0416. The van der Waals surface area contributed by atoms with Crippen molar-refractivity contribution < 1.29 is 9.59 Å². The molecule has 0 spiro atoms. The Morgan fingerprint density at radius 3 is 2.45 bits per heavy atom. The van der Waals surface area contributed by atoms with Gasteiger partial charge in [-0.3, -0.25) is 14.5 Å². The molecule has 1 aromatic rings. The number of carbonyl (C=O) groups excluding carboxylic acids is 2. The Morgan fingerprint density at radius 2 is 1.90 bits per heavy atom. The topological polar surface area (TPSA) is 49.4 Å². The summed E-state index contributed by atoms with van der Waals surface area (Å²) >= 11 is 1.65. The summed E-state index contributed by atoms with van der Waals surface area (Å²) in [6.07, 6.45) is 4.16. The molecule has 5 heteroatoms. The van der Waals surface area contributed by atoms with Crippen LogP contribution in [-0.4, -0.2) is 49.0 Å². The van der Waals surface area contributed by atoms with E-state index in [0.717, 1.165) is 17.7 Å². The number of nitrogens with zero attached hydrogens (tertiary/aromatic N) is 1. The van der Waals surface area contributed by atoms with E-state index in [-0.39, 0.29) is 24.8 Å². The van der Waals surface area contributed by atoms with Crippen molar-refractivity contribution in [3.05, 3.63) is 29.8 Å². The summed E-state index contributed by atoms with van der Waals surface area (Å²) in [7, 11) is 1.79. The van der Waals surface area contributed by atoms with E-state index in [4.69, 9.17) is 0 Å². The lowest BCUT2D eigenvalue weighted by Crippen LogP contribution is -2.38. The van der Waals surface area contributed by atoms with Crippen LogP contribution in [0.15, 0.2) is 29.2 Å². The van der Waals surface area contributed by atoms with Crippen LogP contribution in [0.25, 0.3) is 0 Å². The van der Waals surface area contributed by atoms with Crippen molar-refractivity contribution in [1.82, 2.24) is 10.2 Å². The monoisotopic (exact) mass is 292 g/mol. The number of likely N-dealkylation sites (N-methyl/N-ethyl adjacent to an activating group) is 1. The van der Waals surface area contributed by atoms with Crippen LogP contribution in [0.4, 0.5) is 0 Å². The molecule has 0 radical (unpaired) electrons. The van der Waals surface area contributed by atoms with Crippen LogP contribution in [0.5, 0.6) is 0 Å². The zero-order valence-corrected chi connectivity index (χ0v) is 12.7. The van der Waals surface area contributed by atoms with Gasteiger partial charge in [-0.05, 0) is 38.3 Å². The fourth-order valence-electron chi connectivity index (χ4n) is 1.92. The standard InChI is InChI=1S/C15H20N2O2S/c1-17(10-15(19)16-12-5-6-12)9-14(18)11-3-7-13(20-2)8-4-11/h3-4,7-8,12H,5-6,9-10H2,1-2H3,(H,16,19). The highest BCUT2D eigenvalue weighted by Gasteiger charge is 2.23. The average Bonchev–Trinajstić information content (AvgIpc) is 3.22. The first kappa shape index (κ1) is 15.1. The Hall–Kier alpha value is -1.33. The van der Waals surface area contributed by atoms with Gasteiger partial charge in [-0.2, -0.15) is 0 Å². The zero-order valence-electron chi connectivity index (χ0n) is 11.9. The number of benzene rings is 1. The molecule has 1 N–H and O–H groups in total. The lowest BCUT2D eigenvalue weighted by atomic mass is 10.1. The molecule has 0 aromatic heterocycles. The molecule has 20 heavy (non-hydrogen) atoms. The Kier molecular flexibility index (Phi) is 5.20. The summed E-state index contributed by atoms with van der Waals surface area (Å²) in [5.41, 5.74) is 0.692. The van der Waals surface area contributed by atoms with E-state index in [1.54, 1.807) is 23.7 Å². The predicted octanol–water partition coefficient (Wildman–Crippen LogP) is 1.80. The molecule has 0 atom stereocenters. The molecule has 0 bridgehead atoms. The Bertz CT molecular complexity index is 483. The van der Waals surface area contributed by atoms with Crippen molar-refractivity contribution in [3.63, 3.8) is 0 Å². The molecule has 0 unspecified atom stereocenters. The number of hydrogen-bond donors (Lipinski definition) is 1. The van der Waals surface area contributed by atoms with Crippen LogP contribution in [0.2, 0.25) is 0 Å². The number of hydrogen-bond acceptors (Lipinski definition) is 4. The van der Waals surface area contributed by atoms with Gasteiger partial charge >= 0.3 is 0 Å². The molecule has 108 valence electrons. The third-order valence-electron chi connectivity index (χ3n) is 3.18. The molecule has 4 nitrogen and oxygen atoms in total. The number of ketones is 1. The fraction of sp³-hybridized carbons (Fsp3) is 0.467. The minimum absolute atomic E-state index is 0.000492. The number of rotatable bonds is 7. The van der Waals surface area contributed by atoms with Crippen molar-refractivity contribution in [2.45, 2.75) is 23.8 Å². The largest absolute Gasteiger partial charge is 0.352 e. The highest BCUT2D eigenvalue weighted by atomic mass is 32.2. The summed E-state index contributed by atoms with van der Waals surface area (Å²) in [6.45, 7) is 0.530.